The third kappa shape index (κ3) is 6.90. The minimum Gasteiger partial charge on any atom is -0.489 e. The predicted molar refractivity (Wildman–Crippen MR) is 99.4 cm³/mol. The number of ether oxygens (including phenoxy) is 1. The maximum Gasteiger partial charge on any atom is 0.239 e. The molecule has 24 heavy (non-hydrogen) atoms. The van der Waals surface area contributed by atoms with Crippen LogP contribution in [-0.4, -0.2) is 25.6 Å². The molecule has 0 spiro atoms. The molecule has 1 amide bonds. The van der Waals surface area contributed by atoms with Crippen molar-refractivity contribution in [1.29, 1.82) is 0 Å². The summed E-state index contributed by atoms with van der Waals surface area (Å²) in [5.41, 5.74) is 3.38. The third-order valence-electron chi connectivity index (χ3n) is 3.95. The fourth-order valence-corrected chi connectivity index (χ4v) is 2.61. The molecule has 0 radical (unpaired) electrons. The van der Waals surface area contributed by atoms with Crippen LogP contribution >= 0.6 is 0 Å². The molecule has 0 saturated heterocycles. The van der Waals surface area contributed by atoms with Crippen LogP contribution in [0.25, 0.3) is 0 Å². The molecule has 0 aromatic heterocycles. The maximum absolute atomic E-state index is 11.9. The van der Waals surface area contributed by atoms with Gasteiger partial charge in [-0.3, -0.25) is 4.79 Å². The molecule has 0 aliphatic heterocycles. The third-order valence-corrected chi connectivity index (χ3v) is 3.95. The Kier molecular flexibility index (Phi) is 7.40. The Hall–Kier alpha value is -2.23. The molecule has 130 valence electrons. The van der Waals surface area contributed by atoms with Crippen molar-refractivity contribution < 1.29 is 9.53 Å². The van der Waals surface area contributed by atoms with E-state index in [9.17, 15) is 4.79 Å². The first-order chi connectivity index (χ1) is 11.6. The normalized spacial score (nSPS) is 13.8. The molecular weight excluding hydrogens is 300 g/mol. The van der Waals surface area contributed by atoms with Crippen molar-refractivity contribution in [2.75, 3.05) is 25.0 Å². The van der Waals surface area contributed by atoms with E-state index in [1.165, 1.54) is 31.3 Å². The molecule has 0 atom stereocenters. The van der Waals surface area contributed by atoms with Gasteiger partial charge in [-0.25, -0.2) is 0 Å². The van der Waals surface area contributed by atoms with E-state index in [0.717, 1.165) is 30.0 Å². The number of benzene rings is 1. The monoisotopic (exact) mass is 328 g/mol. The summed E-state index contributed by atoms with van der Waals surface area (Å²) in [6, 6.07) is 7.60. The van der Waals surface area contributed by atoms with Crippen molar-refractivity contribution in [2.24, 2.45) is 0 Å². The van der Waals surface area contributed by atoms with Gasteiger partial charge in [-0.2, -0.15) is 0 Å². The lowest BCUT2D eigenvalue weighted by atomic mass is 9.97. The van der Waals surface area contributed by atoms with E-state index in [-0.39, 0.29) is 12.5 Å². The van der Waals surface area contributed by atoms with Gasteiger partial charge < -0.3 is 15.4 Å². The number of nitrogens with one attached hydrogen (secondary N) is 2. The summed E-state index contributed by atoms with van der Waals surface area (Å²) in [6.45, 7) is 7.26. The molecule has 1 aliphatic rings. The Labute approximate surface area is 145 Å². The highest BCUT2D eigenvalue weighted by molar-refractivity contribution is 5.80. The number of anilines is 1. The topological polar surface area (TPSA) is 50.4 Å². The van der Waals surface area contributed by atoms with Crippen molar-refractivity contribution in [1.82, 2.24) is 5.32 Å². The lowest BCUT2D eigenvalue weighted by Crippen LogP contribution is -2.30. The van der Waals surface area contributed by atoms with Crippen molar-refractivity contribution in [3.63, 3.8) is 0 Å². The highest BCUT2D eigenvalue weighted by atomic mass is 16.5. The molecule has 0 fully saturated rings. The fraction of sp³-hybridized carbons (Fsp3) is 0.450. The van der Waals surface area contributed by atoms with Crippen LogP contribution in [0.1, 0.15) is 39.0 Å². The quantitative estimate of drug-likeness (QED) is 0.672. The molecule has 0 heterocycles. The van der Waals surface area contributed by atoms with Gasteiger partial charge in [0.1, 0.15) is 12.4 Å². The molecule has 1 aromatic rings. The van der Waals surface area contributed by atoms with E-state index in [1.54, 1.807) is 0 Å². The van der Waals surface area contributed by atoms with Gasteiger partial charge in [-0.1, -0.05) is 18.2 Å². The summed E-state index contributed by atoms with van der Waals surface area (Å²) < 4.78 is 5.55. The largest absolute Gasteiger partial charge is 0.489 e. The van der Waals surface area contributed by atoms with Crippen molar-refractivity contribution >= 4 is 11.6 Å². The predicted octanol–water partition coefficient (Wildman–Crippen LogP) is 4.06. The van der Waals surface area contributed by atoms with E-state index in [2.05, 4.69) is 23.3 Å². The van der Waals surface area contributed by atoms with Crippen LogP contribution in [0.5, 0.6) is 5.75 Å². The van der Waals surface area contributed by atoms with E-state index in [4.69, 9.17) is 4.74 Å². The molecule has 4 heteroatoms. The highest BCUT2D eigenvalue weighted by Crippen LogP contribution is 2.19. The molecular formula is C20H28N2O2. The Morgan fingerprint density at radius 3 is 2.71 bits per heavy atom. The van der Waals surface area contributed by atoms with Crippen LogP contribution in [0.15, 0.2) is 48.1 Å². The summed E-state index contributed by atoms with van der Waals surface area (Å²) in [4.78, 5) is 11.9. The van der Waals surface area contributed by atoms with Crippen LogP contribution < -0.4 is 15.4 Å². The number of hydrogen-bond acceptors (Lipinski definition) is 3. The Morgan fingerprint density at radius 1 is 1.25 bits per heavy atom. The summed E-state index contributed by atoms with van der Waals surface area (Å²) in [6.07, 6.45) is 8.26. The average Bonchev–Trinajstić information content (AvgIpc) is 2.60. The van der Waals surface area contributed by atoms with Gasteiger partial charge in [0.05, 0.1) is 6.54 Å². The number of carbonyl (C=O) groups is 1. The molecule has 2 N–H and O–H groups in total. The van der Waals surface area contributed by atoms with E-state index in [1.807, 2.05) is 31.2 Å². The standard InChI is InChI=1S/C20H28N2O2/c1-16(2)15-24-19-10-8-18(9-11-19)22-14-20(23)21-13-12-17-6-4-3-5-7-17/h6,8-11,22H,1,3-5,7,12-15H2,2H3,(H,21,23). The van der Waals surface area contributed by atoms with Crippen LogP contribution in [0.3, 0.4) is 0 Å². The lowest BCUT2D eigenvalue weighted by Gasteiger charge is -2.13. The van der Waals surface area contributed by atoms with E-state index in [0.29, 0.717) is 6.61 Å². The lowest BCUT2D eigenvalue weighted by molar-refractivity contribution is -0.119. The first-order valence-electron chi connectivity index (χ1n) is 8.69. The summed E-state index contributed by atoms with van der Waals surface area (Å²) in [7, 11) is 0. The van der Waals surface area contributed by atoms with Crippen LogP contribution in [0.2, 0.25) is 0 Å². The molecule has 2 rings (SSSR count). The summed E-state index contributed by atoms with van der Waals surface area (Å²) >= 11 is 0. The SMILES string of the molecule is C=C(C)COc1ccc(NCC(=O)NCCC2=CCCCC2)cc1. The molecule has 1 aliphatic carbocycles. The Balaban J connectivity index is 1.64. The van der Waals surface area contributed by atoms with E-state index < -0.39 is 0 Å². The summed E-state index contributed by atoms with van der Waals surface area (Å²) in [5, 5.41) is 6.09. The minimum absolute atomic E-state index is 0.0222. The van der Waals surface area contributed by atoms with Gasteiger partial charge in [0.2, 0.25) is 5.91 Å². The zero-order valence-corrected chi connectivity index (χ0v) is 14.6. The van der Waals surface area contributed by atoms with Crippen molar-refractivity contribution in [2.45, 2.75) is 39.0 Å². The van der Waals surface area contributed by atoms with Gasteiger partial charge in [-0.05, 0) is 68.9 Å². The van der Waals surface area contributed by atoms with Crippen LogP contribution in [-0.2, 0) is 4.79 Å². The molecule has 1 aromatic carbocycles. The van der Waals surface area contributed by atoms with Gasteiger partial charge in [0.15, 0.2) is 0 Å². The molecule has 0 bridgehead atoms. The van der Waals surface area contributed by atoms with Crippen molar-refractivity contribution in [3.05, 3.63) is 48.1 Å². The Bertz CT molecular complexity index is 576. The number of hydrogen-bond donors (Lipinski definition) is 2. The zero-order valence-electron chi connectivity index (χ0n) is 14.6. The van der Waals surface area contributed by atoms with Gasteiger partial charge in [0, 0.05) is 12.2 Å². The number of allylic oxidation sites excluding steroid dienone is 1. The maximum atomic E-state index is 11.9. The van der Waals surface area contributed by atoms with Gasteiger partial charge in [-0.15, -0.1) is 0 Å². The smallest absolute Gasteiger partial charge is 0.239 e. The summed E-state index contributed by atoms with van der Waals surface area (Å²) in [5.74, 6) is 0.822. The first-order valence-corrected chi connectivity index (χ1v) is 8.69. The Morgan fingerprint density at radius 2 is 2.04 bits per heavy atom. The second kappa shape index (κ2) is 9.81. The number of rotatable bonds is 9. The number of carbonyl (C=O) groups excluding carboxylic acids is 1. The fourth-order valence-electron chi connectivity index (χ4n) is 2.61. The molecule has 0 unspecified atom stereocenters. The molecule has 4 nitrogen and oxygen atoms in total. The number of amides is 1. The molecule has 0 saturated carbocycles. The van der Waals surface area contributed by atoms with E-state index >= 15 is 0 Å². The zero-order chi connectivity index (χ0) is 17.2. The van der Waals surface area contributed by atoms with Gasteiger partial charge >= 0.3 is 0 Å². The minimum atomic E-state index is 0.0222. The second-order valence-electron chi connectivity index (χ2n) is 6.33. The van der Waals surface area contributed by atoms with Crippen LogP contribution in [0, 0.1) is 0 Å². The second-order valence-corrected chi connectivity index (χ2v) is 6.33. The van der Waals surface area contributed by atoms with Gasteiger partial charge in [0.25, 0.3) is 0 Å². The average molecular weight is 328 g/mol. The first kappa shape index (κ1) is 18.1. The highest BCUT2D eigenvalue weighted by Gasteiger charge is 2.05. The van der Waals surface area contributed by atoms with Crippen molar-refractivity contribution in [3.8, 4) is 5.75 Å². The van der Waals surface area contributed by atoms with Crippen LogP contribution in [0.4, 0.5) is 5.69 Å².